The van der Waals surface area contributed by atoms with Gasteiger partial charge >= 0.3 is 0 Å². The SMILES string of the molecule is COc1ccc(OC)c(C2CC2C(=O)N2CCCC(c3nc4ccccc4[nH]3)C2)c1. The molecule has 1 aliphatic heterocycles. The molecular weight excluding hydrogens is 378 g/mol. The van der Waals surface area contributed by atoms with Crippen molar-refractivity contribution in [2.24, 2.45) is 5.92 Å². The number of nitrogens with one attached hydrogen (secondary N) is 1. The van der Waals surface area contributed by atoms with Gasteiger partial charge in [-0.05, 0) is 49.6 Å². The van der Waals surface area contributed by atoms with E-state index in [0.717, 1.165) is 66.3 Å². The number of piperidine rings is 1. The number of carbonyl (C=O) groups is 1. The quantitative estimate of drug-likeness (QED) is 0.694. The van der Waals surface area contributed by atoms with Gasteiger partial charge in [-0.3, -0.25) is 4.79 Å². The summed E-state index contributed by atoms with van der Waals surface area (Å²) in [5.41, 5.74) is 3.12. The van der Waals surface area contributed by atoms with Crippen molar-refractivity contribution in [1.29, 1.82) is 0 Å². The molecule has 6 nitrogen and oxygen atoms in total. The first-order valence-corrected chi connectivity index (χ1v) is 10.6. The minimum absolute atomic E-state index is 0.0282. The van der Waals surface area contributed by atoms with Gasteiger partial charge < -0.3 is 19.4 Å². The second-order valence-electron chi connectivity index (χ2n) is 8.32. The summed E-state index contributed by atoms with van der Waals surface area (Å²) in [4.78, 5) is 23.5. The third kappa shape index (κ3) is 3.40. The highest BCUT2D eigenvalue weighted by Crippen LogP contribution is 2.52. The fourth-order valence-corrected chi connectivity index (χ4v) is 4.74. The number of carbonyl (C=O) groups excluding carboxylic acids is 1. The molecule has 5 rings (SSSR count). The summed E-state index contributed by atoms with van der Waals surface area (Å²) in [6, 6.07) is 13.9. The number of aromatic nitrogens is 2. The molecule has 1 N–H and O–H groups in total. The highest BCUT2D eigenvalue weighted by atomic mass is 16.5. The number of hydrogen-bond acceptors (Lipinski definition) is 4. The molecule has 0 spiro atoms. The maximum atomic E-state index is 13.3. The van der Waals surface area contributed by atoms with Crippen LogP contribution < -0.4 is 9.47 Å². The number of methoxy groups -OCH3 is 2. The summed E-state index contributed by atoms with van der Waals surface area (Å²) in [5, 5.41) is 0. The average Bonchev–Trinajstić information content (AvgIpc) is 3.48. The van der Waals surface area contributed by atoms with E-state index in [2.05, 4.69) is 4.98 Å². The predicted molar refractivity (Wildman–Crippen MR) is 115 cm³/mol. The number of rotatable bonds is 5. The largest absolute Gasteiger partial charge is 0.497 e. The van der Waals surface area contributed by atoms with E-state index in [1.54, 1.807) is 14.2 Å². The number of H-pyrrole nitrogens is 1. The minimum Gasteiger partial charge on any atom is -0.497 e. The molecular formula is C24H27N3O3. The summed E-state index contributed by atoms with van der Waals surface area (Å²) in [6.07, 6.45) is 2.93. The zero-order chi connectivity index (χ0) is 20.7. The van der Waals surface area contributed by atoms with Crippen molar-refractivity contribution in [3.05, 3.63) is 53.9 Å². The van der Waals surface area contributed by atoms with Crippen molar-refractivity contribution < 1.29 is 14.3 Å². The van der Waals surface area contributed by atoms with Crippen molar-refractivity contribution >= 4 is 16.9 Å². The number of para-hydroxylation sites is 2. The van der Waals surface area contributed by atoms with Crippen LogP contribution in [0.1, 0.15) is 42.5 Å². The Morgan fingerprint density at radius 3 is 2.83 bits per heavy atom. The van der Waals surface area contributed by atoms with Gasteiger partial charge in [-0.2, -0.15) is 0 Å². The number of hydrogen-bond donors (Lipinski definition) is 1. The zero-order valence-corrected chi connectivity index (χ0v) is 17.4. The minimum atomic E-state index is 0.0282. The summed E-state index contributed by atoms with van der Waals surface area (Å²) >= 11 is 0. The Hall–Kier alpha value is -3.02. The average molecular weight is 405 g/mol. The number of fused-ring (bicyclic) bond motifs is 1. The predicted octanol–water partition coefficient (Wildman–Crippen LogP) is 4.09. The Bertz CT molecular complexity index is 1040. The second kappa shape index (κ2) is 7.67. The number of benzene rings is 2. The van der Waals surface area contributed by atoms with Crippen LogP contribution in [0.4, 0.5) is 0 Å². The lowest BCUT2D eigenvalue weighted by atomic mass is 9.96. The van der Waals surface area contributed by atoms with Crippen molar-refractivity contribution in [2.75, 3.05) is 27.3 Å². The molecule has 1 saturated heterocycles. The molecule has 0 radical (unpaired) electrons. The number of nitrogens with zero attached hydrogens (tertiary/aromatic N) is 2. The fraction of sp³-hybridized carbons (Fsp3) is 0.417. The van der Waals surface area contributed by atoms with Crippen LogP contribution in [0.2, 0.25) is 0 Å². The third-order valence-electron chi connectivity index (χ3n) is 6.47. The molecule has 3 unspecified atom stereocenters. The maximum Gasteiger partial charge on any atom is 0.226 e. The van der Waals surface area contributed by atoms with Crippen LogP contribution in [0, 0.1) is 5.92 Å². The smallest absolute Gasteiger partial charge is 0.226 e. The molecule has 1 aromatic heterocycles. The van der Waals surface area contributed by atoms with Crippen LogP contribution in [0.5, 0.6) is 11.5 Å². The summed E-state index contributed by atoms with van der Waals surface area (Å²) < 4.78 is 10.9. The second-order valence-corrected chi connectivity index (χ2v) is 8.32. The topological polar surface area (TPSA) is 67.5 Å². The van der Waals surface area contributed by atoms with Gasteiger partial charge in [-0.15, -0.1) is 0 Å². The van der Waals surface area contributed by atoms with Gasteiger partial charge in [0.25, 0.3) is 0 Å². The van der Waals surface area contributed by atoms with Gasteiger partial charge in [0.1, 0.15) is 17.3 Å². The Morgan fingerprint density at radius 1 is 1.17 bits per heavy atom. The summed E-state index contributed by atoms with van der Waals surface area (Å²) in [6.45, 7) is 1.56. The van der Waals surface area contributed by atoms with Crippen molar-refractivity contribution in [2.45, 2.75) is 31.1 Å². The number of aromatic amines is 1. The number of amides is 1. The molecule has 30 heavy (non-hydrogen) atoms. The van der Waals surface area contributed by atoms with E-state index < -0.39 is 0 Å². The molecule has 2 heterocycles. The summed E-state index contributed by atoms with van der Waals surface area (Å²) in [5.74, 6) is 3.37. The van der Waals surface area contributed by atoms with Gasteiger partial charge in [-0.1, -0.05) is 12.1 Å². The fourth-order valence-electron chi connectivity index (χ4n) is 4.74. The molecule has 2 aliphatic rings. The monoisotopic (exact) mass is 405 g/mol. The van der Waals surface area contributed by atoms with Gasteiger partial charge in [0.05, 0.1) is 25.3 Å². The first-order chi connectivity index (χ1) is 14.7. The van der Waals surface area contributed by atoms with E-state index in [0.29, 0.717) is 0 Å². The van der Waals surface area contributed by atoms with Crippen molar-refractivity contribution in [3.8, 4) is 11.5 Å². The number of likely N-dealkylation sites (tertiary alicyclic amines) is 1. The van der Waals surface area contributed by atoms with Gasteiger partial charge in [-0.25, -0.2) is 4.98 Å². The third-order valence-corrected chi connectivity index (χ3v) is 6.47. The van der Waals surface area contributed by atoms with Crippen LogP contribution in [0.25, 0.3) is 11.0 Å². The lowest BCUT2D eigenvalue weighted by Gasteiger charge is -2.32. The molecule has 3 atom stereocenters. The highest BCUT2D eigenvalue weighted by molar-refractivity contribution is 5.83. The van der Waals surface area contributed by atoms with E-state index in [1.165, 1.54) is 0 Å². The zero-order valence-electron chi connectivity index (χ0n) is 17.4. The number of ether oxygens (including phenoxy) is 2. The first kappa shape index (κ1) is 19.0. The first-order valence-electron chi connectivity index (χ1n) is 10.6. The van der Waals surface area contributed by atoms with Crippen LogP contribution in [-0.2, 0) is 4.79 Å². The Balaban J connectivity index is 1.30. The molecule has 1 saturated carbocycles. The van der Waals surface area contributed by atoms with Gasteiger partial charge in [0, 0.05) is 36.4 Å². The van der Waals surface area contributed by atoms with Crippen molar-refractivity contribution in [1.82, 2.24) is 14.9 Å². The van der Waals surface area contributed by atoms with E-state index >= 15 is 0 Å². The molecule has 0 bridgehead atoms. The van der Waals surface area contributed by atoms with E-state index in [1.807, 2.05) is 47.4 Å². The molecule has 1 aliphatic carbocycles. The molecule has 2 aromatic carbocycles. The Morgan fingerprint density at radius 2 is 2.03 bits per heavy atom. The Kier molecular flexibility index (Phi) is 4.85. The van der Waals surface area contributed by atoms with Crippen molar-refractivity contribution in [3.63, 3.8) is 0 Å². The molecule has 2 fully saturated rings. The van der Waals surface area contributed by atoms with Gasteiger partial charge in [0.2, 0.25) is 5.91 Å². The highest BCUT2D eigenvalue weighted by Gasteiger charge is 2.47. The summed E-state index contributed by atoms with van der Waals surface area (Å²) in [7, 11) is 3.33. The normalized spacial score (nSPS) is 23.4. The standard InChI is InChI=1S/C24H27N3O3/c1-29-16-9-10-22(30-2)18(12-16)17-13-19(17)24(28)27-11-5-6-15(14-27)23-25-20-7-3-4-8-21(20)26-23/h3-4,7-10,12,15,17,19H,5-6,11,13-14H2,1-2H3,(H,25,26). The molecule has 6 heteroatoms. The lowest BCUT2D eigenvalue weighted by Crippen LogP contribution is -2.40. The maximum absolute atomic E-state index is 13.3. The van der Waals surface area contributed by atoms with Crippen LogP contribution >= 0.6 is 0 Å². The van der Waals surface area contributed by atoms with E-state index in [-0.39, 0.29) is 23.7 Å². The number of imidazole rings is 1. The van der Waals surface area contributed by atoms with Gasteiger partial charge in [0.15, 0.2) is 0 Å². The molecule has 1 amide bonds. The van der Waals surface area contributed by atoms with Crippen LogP contribution in [0.3, 0.4) is 0 Å². The van der Waals surface area contributed by atoms with E-state index in [4.69, 9.17) is 14.5 Å². The molecule has 3 aromatic rings. The van der Waals surface area contributed by atoms with Crippen LogP contribution in [0.15, 0.2) is 42.5 Å². The lowest BCUT2D eigenvalue weighted by molar-refractivity contribution is -0.133. The Labute approximate surface area is 176 Å². The molecule has 156 valence electrons. The van der Waals surface area contributed by atoms with E-state index in [9.17, 15) is 4.79 Å². The van der Waals surface area contributed by atoms with Crippen LogP contribution in [-0.4, -0.2) is 48.1 Å².